The zero-order chi connectivity index (χ0) is 20.9. The lowest BCUT2D eigenvalue weighted by Crippen LogP contribution is -2.99. The fraction of sp³-hybridized carbons (Fsp3) is 0.571. The Morgan fingerprint density at radius 2 is 2.03 bits per heavy atom. The van der Waals surface area contributed by atoms with Crippen LogP contribution in [0.3, 0.4) is 0 Å². The summed E-state index contributed by atoms with van der Waals surface area (Å²) in [7, 11) is 1.59. The molecule has 29 heavy (non-hydrogen) atoms. The molecule has 3 aliphatic heterocycles. The summed E-state index contributed by atoms with van der Waals surface area (Å²) in [5.41, 5.74) is 0.224. The van der Waals surface area contributed by atoms with Gasteiger partial charge in [0.25, 0.3) is 5.91 Å². The van der Waals surface area contributed by atoms with Gasteiger partial charge in [-0.2, -0.15) is 0 Å². The van der Waals surface area contributed by atoms with Crippen molar-refractivity contribution in [2.45, 2.75) is 38.3 Å². The van der Waals surface area contributed by atoms with Gasteiger partial charge >= 0.3 is 0 Å². The second-order valence-electron chi connectivity index (χ2n) is 8.65. The predicted octanol–water partition coefficient (Wildman–Crippen LogP) is 1.12. The Kier molecular flexibility index (Phi) is 5.17. The quantitative estimate of drug-likeness (QED) is 0.532. The molecule has 0 radical (unpaired) electrons. The van der Waals surface area contributed by atoms with E-state index in [9.17, 15) is 14.4 Å². The van der Waals surface area contributed by atoms with E-state index in [4.69, 9.17) is 16.3 Å². The lowest BCUT2D eigenvalue weighted by Gasteiger charge is -2.26. The molecule has 0 bridgehead atoms. The maximum atomic E-state index is 13.5. The Morgan fingerprint density at radius 3 is 2.72 bits per heavy atom. The summed E-state index contributed by atoms with van der Waals surface area (Å²) in [6.45, 7) is 4.96. The number of rotatable bonds is 6. The Balaban J connectivity index is 1.79. The third-order valence-electron chi connectivity index (χ3n) is 6.40. The largest absolute Gasteiger partial charge is 0.385 e. The number of imide groups is 1. The number of hydrogen-bond donors (Lipinski definition) is 2. The van der Waals surface area contributed by atoms with Crippen LogP contribution in [-0.4, -0.2) is 48.9 Å². The number of carbonyl (C=O) groups is 3. The highest BCUT2D eigenvalue weighted by Crippen LogP contribution is 2.50. The SMILES string of the molecule is COCCCN1C(=O)[C@H]2[C@@H](C1=O)[C@@]1([NH2+][C@@H]2CC(C)C)C(=O)Nc2ccc(Cl)cc21. The molecule has 0 unspecified atom stereocenters. The van der Waals surface area contributed by atoms with Crippen molar-refractivity contribution >= 4 is 35.0 Å². The molecule has 1 aromatic carbocycles. The number of carbonyl (C=O) groups excluding carboxylic acids is 3. The van der Waals surface area contributed by atoms with Crippen molar-refractivity contribution in [1.29, 1.82) is 0 Å². The van der Waals surface area contributed by atoms with Gasteiger partial charge in [-0.25, -0.2) is 0 Å². The van der Waals surface area contributed by atoms with E-state index in [2.05, 4.69) is 19.2 Å². The van der Waals surface area contributed by atoms with E-state index in [0.717, 1.165) is 6.42 Å². The van der Waals surface area contributed by atoms with E-state index in [1.807, 2.05) is 5.32 Å². The third kappa shape index (κ3) is 2.98. The van der Waals surface area contributed by atoms with Crippen molar-refractivity contribution in [2.24, 2.45) is 17.8 Å². The van der Waals surface area contributed by atoms with Crippen molar-refractivity contribution in [3.63, 3.8) is 0 Å². The van der Waals surface area contributed by atoms with Gasteiger partial charge in [0.15, 0.2) is 0 Å². The van der Waals surface area contributed by atoms with Crippen LogP contribution in [0.2, 0.25) is 5.02 Å². The van der Waals surface area contributed by atoms with Crippen LogP contribution in [0.5, 0.6) is 0 Å². The van der Waals surface area contributed by atoms with E-state index in [1.165, 1.54) is 4.90 Å². The molecule has 4 rings (SSSR count). The topological polar surface area (TPSA) is 92.3 Å². The summed E-state index contributed by atoms with van der Waals surface area (Å²) < 4.78 is 5.08. The number of nitrogens with two attached hydrogens (primary N) is 1. The zero-order valence-electron chi connectivity index (χ0n) is 16.9. The molecule has 0 saturated carbocycles. The van der Waals surface area contributed by atoms with E-state index in [1.54, 1.807) is 25.3 Å². The van der Waals surface area contributed by atoms with Crippen molar-refractivity contribution in [1.82, 2.24) is 4.90 Å². The van der Waals surface area contributed by atoms with Crippen LogP contribution in [0.15, 0.2) is 18.2 Å². The number of quaternary nitrogens is 1. The monoisotopic (exact) mass is 420 g/mol. The molecular weight excluding hydrogens is 394 g/mol. The molecule has 3 N–H and O–H groups in total. The minimum atomic E-state index is -1.15. The van der Waals surface area contributed by atoms with Gasteiger partial charge in [0.05, 0.1) is 5.69 Å². The van der Waals surface area contributed by atoms with E-state index in [-0.39, 0.29) is 23.8 Å². The van der Waals surface area contributed by atoms with Crippen molar-refractivity contribution in [3.05, 3.63) is 28.8 Å². The van der Waals surface area contributed by atoms with Gasteiger partial charge in [-0.1, -0.05) is 25.4 Å². The molecule has 0 aliphatic carbocycles. The van der Waals surface area contributed by atoms with Gasteiger partial charge in [0.1, 0.15) is 17.9 Å². The highest BCUT2D eigenvalue weighted by atomic mass is 35.5. The Hall–Kier alpha value is -1.96. The number of amides is 3. The smallest absolute Gasteiger partial charge is 0.291 e. The third-order valence-corrected chi connectivity index (χ3v) is 6.63. The van der Waals surface area contributed by atoms with Crippen LogP contribution >= 0.6 is 11.6 Å². The molecule has 8 heteroatoms. The number of nitrogens with zero attached hydrogens (tertiary/aromatic N) is 1. The number of nitrogens with one attached hydrogen (secondary N) is 1. The Bertz CT molecular complexity index is 873. The molecule has 2 fully saturated rings. The minimum Gasteiger partial charge on any atom is -0.385 e. The lowest BCUT2D eigenvalue weighted by atomic mass is 9.76. The summed E-state index contributed by atoms with van der Waals surface area (Å²) in [6.07, 6.45) is 1.32. The van der Waals surface area contributed by atoms with Gasteiger partial charge in [0.2, 0.25) is 17.4 Å². The van der Waals surface area contributed by atoms with Crippen molar-refractivity contribution in [2.75, 3.05) is 25.6 Å². The summed E-state index contributed by atoms with van der Waals surface area (Å²) in [4.78, 5) is 41.4. The molecule has 4 atom stereocenters. The number of anilines is 1. The fourth-order valence-electron chi connectivity index (χ4n) is 5.34. The molecule has 1 spiro atoms. The first-order valence-electron chi connectivity index (χ1n) is 10.1. The van der Waals surface area contributed by atoms with Gasteiger partial charge in [-0.15, -0.1) is 0 Å². The van der Waals surface area contributed by atoms with Crippen LogP contribution in [0.1, 0.15) is 32.3 Å². The maximum absolute atomic E-state index is 13.5. The lowest BCUT2D eigenvalue weighted by molar-refractivity contribution is -0.734. The second-order valence-corrected chi connectivity index (χ2v) is 9.09. The Labute approximate surface area is 175 Å². The molecule has 156 valence electrons. The second kappa shape index (κ2) is 7.38. The van der Waals surface area contributed by atoms with Gasteiger partial charge in [-0.3, -0.25) is 19.3 Å². The number of methoxy groups -OCH3 is 1. The molecule has 7 nitrogen and oxygen atoms in total. The van der Waals surface area contributed by atoms with E-state index >= 15 is 0 Å². The van der Waals surface area contributed by atoms with Crippen molar-refractivity contribution in [3.8, 4) is 0 Å². The molecule has 2 saturated heterocycles. The molecule has 3 heterocycles. The van der Waals surface area contributed by atoms with Crippen LogP contribution < -0.4 is 10.6 Å². The molecular formula is C21H27ClN3O4+. The van der Waals surface area contributed by atoms with E-state index in [0.29, 0.717) is 41.8 Å². The van der Waals surface area contributed by atoms with Crippen LogP contribution in [0, 0.1) is 17.8 Å². The molecule has 1 aromatic rings. The van der Waals surface area contributed by atoms with Crippen LogP contribution in [0.4, 0.5) is 5.69 Å². The van der Waals surface area contributed by atoms with E-state index < -0.39 is 17.4 Å². The van der Waals surface area contributed by atoms with Gasteiger partial charge < -0.3 is 15.4 Å². The van der Waals surface area contributed by atoms with Gasteiger partial charge in [0, 0.05) is 37.3 Å². The normalized spacial score (nSPS) is 30.4. The van der Waals surface area contributed by atoms with Gasteiger partial charge in [-0.05, 0) is 30.5 Å². The number of fused-ring (bicyclic) bond motifs is 4. The number of ether oxygens (including phenoxy) is 1. The van der Waals surface area contributed by atoms with Crippen molar-refractivity contribution < 1.29 is 24.4 Å². The first kappa shape index (κ1) is 20.3. The molecule has 3 aliphatic rings. The summed E-state index contributed by atoms with van der Waals surface area (Å²) in [5.74, 6) is -1.57. The summed E-state index contributed by atoms with van der Waals surface area (Å²) in [6, 6.07) is 5.10. The Morgan fingerprint density at radius 1 is 1.28 bits per heavy atom. The number of hydrogen-bond acceptors (Lipinski definition) is 4. The number of halogens is 1. The average Bonchev–Trinajstić information content (AvgIpc) is 3.22. The first-order chi connectivity index (χ1) is 13.8. The highest BCUT2D eigenvalue weighted by Gasteiger charge is 2.74. The minimum absolute atomic E-state index is 0.139. The first-order valence-corrected chi connectivity index (χ1v) is 10.5. The van der Waals surface area contributed by atoms with Crippen LogP contribution in [0.25, 0.3) is 0 Å². The average molecular weight is 421 g/mol. The zero-order valence-corrected chi connectivity index (χ0v) is 17.7. The molecule has 3 amide bonds. The number of likely N-dealkylation sites (tertiary alicyclic amines) is 1. The number of benzene rings is 1. The standard InChI is InChI=1S/C21H26ClN3O4/c1-11(2)9-15-16-17(19(27)25(18(16)26)7-4-8-29-3)21(24-15)13-10-12(22)5-6-14(13)23-20(21)28/h5-6,10-11,15-17,24H,4,7-9H2,1-3H3,(H,23,28)/p+1/t15-,16-,17+,21-/m1/s1. The van der Waals surface area contributed by atoms with Crippen LogP contribution in [-0.2, 0) is 24.7 Å². The fourth-order valence-corrected chi connectivity index (χ4v) is 5.51. The molecule has 0 aromatic heterocycles. The predicted molar refractivity (Wildman–Crippen MR) is 107 cm³/mol. The highest BCUT2D eigenvalue weighted by molar-refractivity contribution is 6.31. The summed E-state index contributed by atoms with van der Waals surface area (Å²) in [5, 5.41) is 5.38. The maximum Gasteiger partial charge on any atom is 0.291 e. The summed E-state index contributed by atoms with van der Waals surface area (Å²) >= 11 is 6.25.